The molecule has 1 heterocycles. The summed E-state index contributed by atoms with van der Waals surface area (Å²) in [6.45, 7) is 7.77. The molecule has 0 saturated carbocycles. The first-order chi connectivity index (χ1) is 9.65. The minimum Gasteiger partial charge on any atom is -0.491 e. The van der Waals surface area contributed by atoms with Crippen molar-refractivity contribution < 1.29 is 4.74 Å². The first-order valence-electron chi connectivity index (χ1n) is 7.02. The van der Waals surface area contributed by atoms with Gasteiger partial charge in [-0.2, -0.15) is 0 Å². The Bertz CT molecular complexity index is 535. The van der Waals surface area contributed by atoms with Crippen molar-refractivity contribution in [2.45, 2.75) is 40.0 Å². The molecule has 3 heteroatoms. The van der Waals surface area contributed by atoms with Crippen molar-refractivity contribution >= 4 is 0 Å². The van der Waals surface area contributed by atoms with Gasteiger partial charge in [0.2, 0.25) is 0 Å². The lowest BCUT2D eigenvalue weighted by Crippen LogP contribution is -2.14. The van der Waals surface area contributed by atoms with Crippen molar-refractivity contribution in [3.8, 4) is 5.75 Å². The number of aromatic nitrogens is 1. The van der Waals surface area contributed by atoms with Crippen LogP contribution in [-0.4, -0.2) is 11.1 Å². The van der Waals surface area contributed by atoms with E-state index < -0.39 is 0 Å². The zero-order chi connectivity index (χ0) is 14.4. The molecule has 1 aromatic heterocycles. The second-order valence-electron chi connectivity index (χ2n) is 5.18. The molecule has 2 aromatic rings. The van der Waals surface area contributed by atoms with E-state index in [9.17, 15) is 0 Å². The molecule has 0 bridgehead atoms. The fourth-order valence-electron chi connectivity index (χ4n) is 1.99. The SMILES string of the molecule is Cc1cccnc1CNCc1ccc(OC(C)C)cc1. The average molecular weight is 270 g/mol. The predicted molar refractivity (Wildman–Crippen MR) is 81.7 cm³/mol. The number of aryl methyl sites for hydroxylation is 1. The van der Waals surface area contributed by atoms with Crippen LogP contribution in [0.4, 0.5) is 0 Å². The van der Waals surface area contributed by atoms with Crippen molar-refractivity contribution in [3.05, 3.63) is 59.4 Å². The van der Waals surface area contributed by atoms with E-state index in [1.54, 1.807) is 0 Å². The van der Waals surface area contributed by atoms with Gasteiger partial charge in [-0.3, -0.25) is 4.98 Å². The molecule has 2 rings (SSSR count). The van der Waals surface area contributed by atoms with Gasteiger partial charge in [0.25, 0.3) is 0 Å². The van der Waals surface area contributed by atoms with Gasteiger partial charge in [-0.1, -0.05) is 18.2 Å². The molecular weight excluding hydrogens is 248 g/mol. The molecule has 0 fully saturated rings. The van der Waals surface area contributed by atoms with Crippen molar-refractivity contribution in [1.29, 1.82) is 0 Å². The standard InChI is InChI=1S/C17H22N2O/c1-13(2)20-16-8-6-15(7-9-16)11-18-12-17-14(3)5-4-10-19-17/h4-10,13,18H,11-12H2,1-3H3. The number of hydrogen-bond donors (Lipinski definition) is 1. The lowest BCUT2D eigenvalue weighted by molar-refractivity contribution is 0.242. The van der Waals surface area contributed by atoms with Crippen LogP contribution >= 0.6 is 0 Å². The molecule has 1 N–H and O–H groups in total. The molecule has 0 aliphatic carbocycles. The molecule has 0 amide bonds. The summed E-state index contributed by atoms with van der Waals surface area (Å²) < 4.78 is 5.63. The first-order valence-corrected chi connectivity index (χ1v) is 7.02. The zero-order valence-corrected chi connectivity index (χ0v) is 12.4. The lowest BCUT2D eigenvalue weighted by Gasteiger charge is -2.10. The Balaban J connectivity index is 1.84. The van der Waals surface area contributed by atoms with Crippen LogP contribution in [0.3, 0.4) is 0 Å². The van der Waals surface area contributed by atoms with Crippen LogP contribution in [-0.2, 0) is 13.1 Å². The molecule has 0 saturated heterocycles. The molecule has 3 nitrogen and oxygen atoms in total. The number of benzene rings is 1. The highest BCUT2D eigenvalue weighted by molar-refractivity contribution is 5.27. The van der Waals surface area contributed by atoms with Crippen molar-refractivity contribution in [2.75, 3.05) is 0 Å². The molecule has 0 atom stereocenters. The number of hydrogen-bond acceptors (Lipinski definition) is 3. The Morgan fingerprint density at radius 1 is 1.10 bits per heavy atom. The van der Waals surface area contributed by atoms with Crippen LogP contribution in [0.5, 0.6) is 5.75 Å². The molecular formula is C17H22N2O. The highest BCUT2D eigenvalue weighted by Crippen LogP contribution is 2.13. The van der Waals surface area contributed by atoms with Gasteiger partial charge in [-0.05, 0) is 50.1 Å². The third-order valence-electron chi connectivity index (χ3n) is 3.03. The molecule has 0 radical (unpaired) electrons. The van der Waals surface area contributed by atoms with Crippen LogP contribution in [0.2, 0.25) is 0 Å². The number of nitrogens with one attached hydrogen (secondary N) is 1. The van der Waals surface area contributed by atoms with Crippen LogP contribution in [0.15, 0.2) is 42.6 Å². The van der Waals surface area contributed by atoms with Crippen LogP contribution < -0.4 is 10.1 Å². The highest BCUT2D eigenvalue weighted by atomic mass is 16.5. The minimum atomic E-state index is 0.214. The molecule has 0 aliphatic rings. The van der Waals surface area contributed by atoms with Gasteiger partial charge in [-0.25, -0.2) is 0 Å². The van der Waals surface area contributed by atoms with Gasteiger partial charge in [0.1, 0.15) is 5.75 Å². The predicted octanol–water partition coefficient (Wildman–Crippen LogP) is 3.47. The summed E-state index contributed by atoms with van der Waals surface area (Å²) in [7, 11) is 0. The van der Waals surface area contributed by atoms with Gasteiger partial charge in [0.05, 0.1) is 11.8 Å². The van der Waals surface area contributed by atoms with Crippen LogP contribution in [0, 0.1) is 6.92 Å². The topological polar surface area (TPSA) is 34.2 Å². The number of nitrogens with zero attached hydrogens (tertiary/aromatic N) is 1. The maximum atomic E-state index is 5.63. The maximum absolute atomic E-state index is 5.63. The lowest BCUT2D eigenvalue weighted by atomic mass is 10.2. The van der Waals surface area contributed by atoms with E-state index in [4.69, 9.17) is 4.74 Å². The number of pyridine rings is 1. The van der Waals surface area contributed by atoms with Gasteiger partial charge < -0.3 is 10.1 Å². The van der Waals surface area contributed by atoms with E-state index in [0.717, 1.165) is 24.5 Å². The molecule has 0 spiro atoms. The van der Waals surface area contributed by atoms with Crippen molar-refractivity contribution in [3.63, 3.8) is 0 Å². The molecule has 0 aliphatic heterocycles. The van der Waals surface area contributed by atoms with E-state index in [0.29, 0.717) is 0 Å². The third kappa shape index (κ3) is 4.35. The molecule has 1 aromatic carbocycles. The fourth-order valence-corrected chi connectivity index (χ4v) is 1.99. The molecule has 0 unspecified atom stereocenters. The Kier molecular flexibility index (Phi) is 5.13. The van der Waals surface area contributed by atoms with Gasteiger partial charge in [-0.15, -0.1) is 0 Å². The quantitative estimate of drug-likeness (QED) is 0.872. The van der Waals surface area contributed by atoms with Gasteiger partial charge in [0, 0.05) is 19.3 Å². The highest BCUT2D eigenvalue weighted by Gasteiger charge is 2.00. The van der Waals surface area contributed by atoms with Crippen molar-refractivity contribution in [1.82, 2.24) is 10.3 Å². The van der Waals surface area contributed by atoms with Crippen LogP contribution in [0.25, 0.3) is 0 Å². The average Bonchev–Trinajstić information content (AvgIpc) is 2.42. The smallest absolute Gasteiger partial charge is 0.119 e. The second-order valence-corrected chi connectivity index (χ2v) is 5.18. The maximum Gasteiger partial charge on any atom is 0.119 e. The fraction of sp³-hybridized carbons (Fsp3) is 0.353. The summed E-state index contributed by atoms with van der Waals surface area (Å²) in [5, 5.41) is 3.42. The van der Waals surface area contributed by atoms with Gasteiger partial charge in [0.15, 0.2) is 0 Å². The monoisotopic (exact) mass is 270 g/mol. The summed E-state index contributed by atoms with van der Waals surface area (Å²) in [4.78, 5) is 4.37. The molecule has 20 heavy (non-hydrogen) atoms. The van der Waals surface area contributed by atoms with E-state index in [-0.39, 0.29) is 6.10 Å². The van der Waals surface area contributed by atoms with E-state index >= 15 is 0 Å². The summed E-state index contributed by atoms with van der Waals surface area (Å²) in [6, 6.07) is 12.3. The molecule has 106 valence electrons. The van der Waals surface area contributed by atoms with E-state index in [1.165, 1.54) is 11.1 Å². The van der Waals surface area contributed by atoms with Crippen molar-refractivity contribution in [2.24, 2.45) is 0 Å². The Morgan fingerprint density at radius 2 is 1.85 bits per heavy atom. The Hall–Kier alpha value is -1.87. The zero-order valence-electron chi connectivity index (χ0n) is 12.4. The van der Waals surface area contributed by atoms with E-state index in [1.807, 2.05) is 38.2 Å². The largest absolute Gasteiger partial charge is 0.491 e. The Labute approximate surface area is 121 Å². The normalized spacial score (nSPS) is 10.8. The summed E-state index contributed by atoms with van der Waals surface area (Å²) >= 11 is 0. The minimum absolute atomic E-state index is 0.214. The van der Waals surface area contributed by atoms with Gasteiger partial charge >= 0.3 is 0 Å². The van der Waals surface area contributed by atoms with E-state index in [2.05, 4.69) is 35.4 Å². The summed E-state index contributed by atoms with van der Waals surface area (Å²) in [6.07, 6.45) is 2.05. The second kappa shape index (κ2) is 7.06. The number of ether oxygens (including phenoxy) is 1. The Morgan fingerprint density at radius 3 is 2.50 bits per heavy atom. The summed E-state index contributed by atoms with van der Waals surface area (Å²) in [5.41, 5.74) is 3.57. The first kappa shape index (κ1) is 14.5. The number of rotatable bonds is 6. The summed E-state index contributed by atoms with van der Waals surface area (Å²) in [5.74, 6) is 0.921. The van der Waals surface area contributed by atoms with Crippen LogP contribution in [0.1, 0.15) is 30.7 Å². The third-order valence-corrected chi connectivity index (χ3v) is 3.03.